The highest BCUT2D eigenvalue weighted by Gasteiger charge is 2.72. The first-order valence-electron chi connectivity index (χ1n) is 19.3. The van der Waals surface area contributed by atoms with Crippen LogP contribution in [-0.2, 0) is 11.2 Å². The van der Waals surface area contributed by atoms with Gasteiger partial charge in [0.15, 0.2) is 0 Å². The summed E-state index contributed by atoms with van der Waals surface area (Å²) in [4.78, 5) is 27.2. The van der Waals surface area contributed by atoms with Gasteiger partial charge in [0.25, 0.3) is 5.91 Å². The highest BCUT2D eigenvalue weighted by molar-refractivity contribution is 14.1. The summed E-state index contributed by atoms with van der Waals surface area (Å²) in [5.41, 5.74) is 3.14. The number of aliphatic hydroxyl groups excluding tert-OH is 1. The maximum absolute atomic E-state index is 14.5. The van der Waals surface area contributed by atoms with Gasteiger partial charge in [-0.05, 0) is 148 Å². The number of nitrogens with one attached hydrogen (secondary N) is 2. The average molecular weight is 771 g/mol. The predicted molar refractivity (Wildman–Crippen MR) is 204 cm³/mol. The Labute approximate surface area is 304 Å². The number of amides is 2. The molecule has 0 spiro atoms. The first kappa shape index (κ1) is 36.4. The van der Waals surface area contributed by atoms with E-state index in [1.54, 1.807) is 0 Å². The second kappa shape index (κ2) is 13.3. The van der Waals surface area contributed by atoms with Gasteiger partial charge in [-0.1, -0.05) is 87.9 Å². The number of alkyl halides is 1. The fourth-order valence-corrected chi connectivity index (χ4v) is 14.5. The molecule has 5 aliphatic carbocycles. The van der Waals surface area contributed by atoms with Crippen molar-refractivity contribution in [3.63, 3.8) is 0 Å². The van der Waals surface area contributed by atoms with Crippen LogP contribution in [0.5, 0.6) is 0 Å². The van der Waals surface area contributed by atoms with Crippen LogP contribution in [0, 0.1) is 51.2 Å². The van der Waals surface area contributed by atoms with Gasteiger partial charge in [-0.15, -0.1) is 0 Å². The van der Waals surface area contributed by atoms with Gasteiger partial charge in [0.1, 0.15) is 0 Å². The van der Waals surface area contributed by atoms with Crippen molar-refractivity contribution in [2.75, 3.05) is 13.1 Å². The van der Waals surface area contributed by atoms with Crippen molar-refractivity contribution in [1.82, 2.24) is 10.6 Å². The van der Waals surface area contributed by atoms with E-state index in [0.29, 0.717) is 48.2 Å². The van der Waals surface area contributed by atoms with Crippen LogP contribution in [0.2, 0.25) is 0 Å². The van der Waals surface area contributed by atoms with E-state index >= 15 is 0 Å². The van der Waals surface area contributed by atoms with E-state index in [4.69, 9.17) is 0 Å². The molecule has 3 N–H and O–H groups in total. The van der Waals surface area contributed by atoms with E-state index in [1.165, 1.54) is 31.3 Å². The van der Waals surface area contributed by atoms with Crippen LogP contribution in [0.3, 0.4) is 0 Å². The summed E-state index contributed by atoms with van der Waals surface area (Å²) < 4.78 is 0.159. The van der Waals surface area contributed by atoms with Gasteiger partial charge < -0.3 is 15.7 Å². The molecule has 5 nitrogen and oxygen atoms in total. The quantitative estimate of drug-likeness (QED) is 0.102. The second-order valence-electron chi connectivity index (χ2n) is 18.0. The minimum atomic E-state index is -0.328. The molecular formula is C42H63IN2O3. The van der Waals surface area contributed by atoms with Crippen LogP contribution in [0.1, 0.15) is 135 Å². The number of aliphatic hydroxyl groups is 1. The smallest absolute Gasteiger partial charge is 0.251 e. The fourth-order valence-electron chi connectivity index (χ4n) is 12.9. The molecule has 6 heteroatoms. The Morgan fingerprint density at radius 3 is 2.44 bits per heavy atom. The van der Waals surface area contributed by atoms with Gasteiger partial charge in [-0.25, -0.2) is 0 Å². The number of rotatable bonds is 9. The summed E-state index contributed by atoms with van der Waals surface area (Å²) in [7, 11) is 0. The third-order valence-electron chi connectivity index (χ3n) is 15.5. The summed E-state index contributed by atoms with van der Waals surface area (Å²) in [6.45, 7) is 20.1. The molecule has 0 bridgehead atoms. The molecule has 0 aromatic heterocycles. The summed E-state index contributed by atoms with van der Waals surface area (Å²) in [6.07, 6.45) is 13.6. The minimum Gasteiger partial charge on any atom is -0.393 e. The number of carbonyl (C=O) groups excluding carboxylic acids is 2. The third-order valence-corrected chi connectivity index (χ3v) is 18.0. The lowest BCUT2D eigenvalue weighted by Gasteiger charge is -2.72. The van der Waals surface area contributed by atoms with Crippen LogP contribution < -0.4 is 10.6 Å². The molecular weight excluding hydrogens is 707 g/mol. The van der Waals surface area contributed by atoms with Gasteiger partial charge >= 0.3 is 0 Å². The number of hydrogen-bond acceptors (Lipinski definition) is 3. The molecule has 0 radical (unpaired) electrons. The molecule has 5 fully saturated rings. The lowest BCUT2D eigenvalue weighted by atomic mass is 9.36. The first-order valence-corrected chi connectivity index (χ1v) is 20.4. The Morgan fingerprint density at radius 2 is 1.71 bits per heavy atom. The van der Waals surface area contributed by atoms with E-state index in [2.05, 4.69) is 87.4 Å². The zero-order valence-electron chi connectivity index (χ0n) is 30.7. The van der Waals surface area contributed by atoms with Gasteiger partial charge in [0.05, 0.1) is 11.5 Å². The molecule has 5 aliphatic rings. The Balaban J connectivity index is 1.21. The van der Waals surface area contributed by atoms with Crippen molar-refractivity contribution in [3.05, 3.63) is 47.5 Å². The number of fused-ring (bicyclic) bond motifs is 7. The van der Waals surface area contributed by atoms with E-state index in [9.17, 15) is 14.7 Å². The average Bonchev–Trinajstić information content (AvgIpc) is 3.45. The Bertz CT molecular complexity index is 1410. The third kappa shape index (κ3) is 5.64. The number of benzene rings is 1. The van der Waals surface area contributed by atoms with E-state index in [1.807, 2.05) is 18.2 Å². The maximum Gasteiger partial charge on any atom is 0.251 e. The lowest BCUT2D eigenvalue weighted by molar-refractivity contribution is -0.204. The SMILES string of the molecule is C=C(C)C1CCC2(C(=O)NCCc3cccc(C(=O)NCCCC)c3)CCC3(I)C(CCC4C5(C)CCC(O)C(C)(C)C5CCC43C)C12. The highest BCUT2D eigenvalue weighted by atomic mass is 127. The largest absolute Gasteiger partial charge is 0.393 e. The molecule has 2 amide bonds. The fraction of sp³-hybridized carbons (Fsp3) is 0.762. The number of allylic oxidation sites excluding steroid dienone is 1. The van der Waals surface area contributed by atoms with Gasteiger partial charge in [-0.3, -0.25) is 9.59 Å². The normalized spacial score (nSPS) is 41.2. The molecule has 266 valence electrons. The second-order valence-corrected chi connectivity index (χ2v) is 19.9. The van der Waals surface area contributed by atoms with Crippen LogP contribution >= 0.6 is 22.6 Å². The summed E-state index contributed by atoms with van der Waals surface area (Å²) in [5, 5.41) is 17.6. The molecule has 10 atom stereocenters. The van der Waals surface area contributed by atoms with E-state index < -0.39 is 0 Å². The lowest BCUT2D eigenvalue weighted by Crippen LogP contribution is -2.69. The molecule has 1 aromatic carbocycles. The molecule has 0 saturated heterocycles. The van der Waals surface area contributed by atoms with Gasteiger partial charge in [-0.2, -0.15) is 0 Å². The molecule has 1 aromatic rings. The maximum atomic E-state index is 14.5. The van der Waals surface area contributed by atoms with Crippen molar-refractivity contribution in [3.8, 4) is 0 Å². The number of unbranched alkanes of at least 4 members (excludes halogenated alkanes) is 1. The Kier molecular flexibility index (Phi) is 10.1. The summed E-state index contributed by atoms with van der Waals surface area (Å²) in [5.74, 6) is 2.69. The molecule has 0 aliphatic heterocycles. The van der Waals surface area contributed by atoms with Crippen molar-refractivity contribution in [1.29, 1.82) is 0 Å². The molecule has 10 unspecified atom stereocenters. The summed E-state index contributed by atoms with van der Waals surface area (Å²) >= 11 is 2.95. The van der Waals surface area contributed by atoms with Crippen molar-refractivity contribution in [2.24, 2.45) is 51.2 Å². The molecule has 6 rings (SSSR count). The van der Waals surface area contributed by atoms with Crippen LogP contribution in [0.4, 0.5) is 0 Å². The van der Waals surface area contributed by atoms with Crippen molar-refractivity contribution < 1.29 is 14.7 Å². The van der Waals surface area contributed by atoms with E-state index in [-0.39, 0.29) is 43.0 Å². The first-order chi connectivity index (χ1) is 22.7. The van der Waals surface area contributed by atoms with Crippen molar-refractivity contribution >= 4 is 34.4 Å². The number of hydrogen-bond donors (Lipinski definition) is 3. The van der Waals surface area contributed by atoms with Gasteiger partial charge in [0.2, 0.25) is 5.91 Å². The molecule has 48 heavy (non-hydrogen) atoms. The molecule has 0 heterocycles. The van der Waals surface area contributed by atoms with Crippen LogP contribution in [-0.4, -0.2) is 39.5 Å². The standard InChI is InChI=1S/C42H63IN2O3/c1-8-9-24-44-36(47)29-12-10-11-28(26-29)18-25-45-37(48)41-21-15-30(27(2)3)35(41)31-13-14-33-39(6)19-17-34(46)38(4,5)32(39)16-20-40(33,7)42(31,43)23-22-41/h10-12,26,30-35,46H,2,8-9,13-25H2,1,3-7H3,(H,44,47)(H,45,48). The Hall–Kier alpha value is -1.41. The Morgan fingerprint density at radius 1 is 0.938 bits per heavy atom. The number of carbonyl (C=O) groups is 2. The minimum absolute atomic E-state index is 0.0203. The number of halogens is 1. The topological polar surface area (TPSA) is 78.4 Å². The van der Waals surface area contributed by atoms with Crippen LogP contribution in [0.15, 0.2) is 36.4 Å². The zero-order chi connectivity index (χ0) is 34.7. The predicted octanol–water partition coefficient (Wildman–Crippen LogP) is 9.06. The monoisotopic (exact) mass is 770 g/mol. The molecule has 5 saturated carbocycles. The highest BCUT2D eigenvalue weighted by Crippen LogP contribution is 2.77. The van der Waals surface area contributed by atoms with Crippen LogP contribution in [0.25, 0.3) is 0 Å². The van der Waals surface area contributed by atoms with Crippen molar-refractivity contribution in [2.45, 2.75) is 135 Å². The summed E-state index contributed by atoms with van der Waals surface area (Å²) in [6, 6.07) is 7.88. The zero-order valence-corrected chi connectivity index (χ0v) is 32.9. The van der Waals surface area contributed by atoms with E-state index in [0.717, 1.165) is 63.4 Å². The van der Waals surface area contributed by atoms with Gasteiger partial charge in [0, 0.05) is 22.1 Å².